The van der Waals surface area contributed by atoms with Crippen molar-refractivity contribution < 1.29 is 19.4 Å². The van der Waals surface area contributed by atoms with E-state index in [9.17, 15) is 14.7 Å². The SMILES string of the molecule is Cc1cc(C)cc(C(NC(=O)COCCc2ccccc2)C(=O)O)c1. The second-order valence-corrected chi connectivity index (χ2v) is 6.05. The number of carbonyl (C=O) groups is 2. The Hall–Kier alpha value is -2.66. The molecule has 132 valence electrons. The van der Waals surface area contributed by atoms with Gasteiger partial charge < -0.3 is 15.2 Å². The first-order valence-corrected chi connectivity index (χ1v) is 8.18. The molecule has 2 N–H and O–H groups in total. The Bertz CT molecular complexity index is 707. The lowest BCUT2D eigenvalue weighted by atomic mass is 10.0. The number of hydrogen-bond acceptors (Lipinski definition) is 3. The Morgan fingerprint density at radius 1 is 1.08 bits per heavy atom. The predicted octanol–water partition coefficient (Wildman–Crippen LogP) is 2.80. The topological polar surface area (TPSA) is 75.6 Å². The average molecular weight is 341 g/mol. The lowest BCUT2D eigenvalue weighted by molar-refractivity contribution is -0.142. The normalized spacial score (nSPS) is 11.8. The Kier molecular flexibility index (Phi) is 6.71. The maximum atomic E-state index is 12.0. The fourth-order valence-corrected chi connectivity index (χ4v) is 2.67. The molecule has 1 atom stereocenters. The quantitative estimate of drug-likeness (QED) is 0.724. The lowest BCUT2D eigenvalue weighted by Crippen LogP contribution is -2.36. The van der Waals surface area contributed by atoms with Gasteiger partial charge in [0.25, 0.3) is 0 Å². The molecule has 2 aromatic rings. The molecule has 0 saturated heterocycles. The number of ether oxygens (including phenoxy) is 1. The van der Waals surface area contributed by atoms with Crippen LogP contribution in [0.5, 0.6) is 0 Å². The lowest BCUT2D eigenvalue weighted by Gasteiger charge is -2.16. The van der Waals surface area contributed by atoms with Crippen molar-refractivity contribution in [3.8, 4) is 0 Å². The van der Waals surface area contributed by atoms with Gasteiger partial charge in [0.15, 0.2) is 6.04 Å². The number of benzene rings is 2. The summed E-state index contributed by atoms with van der Waals surface area (Å²) in [5.74, 6) is -1.54. The first-order valence-electron chi connectivity index (χ1n) is 8.18. The Morgan fingerprint density at radius 3 is 2.32 bits per heavy atom. The number of rotatable bonds is 8. The van der Waals surface area contributed by atoms with Crippen LogP contribution in [0.2, 0.25) is 0 Å². The fourth-order valence-electron chi connectivity index (χ4n) is 2.67. The third-order valence-corrected chi connectivity index (χ3v) is 3.74. The molecule has 0 radical (unpaired) electrons. The van der Waals surface area contributed by atoms with Crippen molar-refractivity contribution in [1.29, 1.82) is 0 Å². The summed E-state index contributed by atoms with van der Waals surface area (Å²) in [4.78, 5) is 23.5. The third kappa shape index (κ3) is 6.04. The highest BCUT2D eigenvalue weighted by Gasteiger charge is 2.22. The third-order valence-electron chi connectivity index (χ3n) is 3.74. The minimum atomic E-state index is -1.09. The average Bonchev–Trinajstić information content (AvgIpc) is 2.56. The van der Waals surface area contributed by atoms with Crippen LogP contribution in [-0.4, -0.2) is 30.2 Å². The second-order valence-electron chi connectivity index (χ2n) is 6.05. The fraction of sp³-hybridized carbons (Fsp3) is 0.300. The van der Waals surface area contributed by atoms with Crippen LogP contribution in [0.15, 0.2) is 48.5 Å². The molecular formula is C20H23NO4. The molecule has 0 aliphatic heterocycles. The number of hydrogen-bond donors (Lipinski definition) is 2. The molecule has 5 nitrogen and oxygen atoms in total. The minimum Gasteiger partial charge on any atom is -0.479 e. The standard InChI is InChI=1S/C20H23NO4/c1-14-10-15(2)12-17(11-14)19(20(23)24)21-18(22)13-25-9-8-16-6-4-3-5-7-16/h3-7,10-12,19H,8-9,13H2,1-2H3,(H,21,22)(H,23,24). The number of aryl methyl sites for hydroxylation is 2. The van der Waals surface area contributed by atoms with Crippen molar-refractivity contribution >= 4 is 11.9 Å². The van der Waals surface area contributed by atoms with Crippen LogP contribution >= 0.6 is 0 Å². The van der Waals surface area contributed by atoms with Gasteiger partial charge >= 0.3 is 5.97 Å². The van der Waals surface area contributed by atoms with Gasteiger partial charge in [-0.15, -0.1) is 0 Å². The Morgan fingerprint density at radius 2 is 1.72 bits per heavy atom. The predicted molar refractivity (Wildman–Crippen MR) is 95.4 cm³/mol. The van der Waals surface area contributed by atoms with Gasteiger partial charge in [0.05, 0.1) is 6.61 Å². The molecule has 0 aliphatic carbocycles. The van der Waals surface area contributed by atoms with E-state index in [4.69, 9.17) is 4.74 Å². The van der Waals surface area contributed by atoms with Crippen LogP contribution in [-0.2, 0) is 20.7 Å². The molecule has 0 aromatic heterocycles. The van der Waals surface area contributed by atoms with E-state index in [1.54, 1.807) is 12.1 Å². The van der Waals surface area contributed by atoms with Crippen LogP contribution in [0.3, 0.4) is 0 Å². The zero-order chi connectivity index (χ0) is 18.2. The largest absolute Gasteiger partial charge is 0.479 e. The van der Waals surface area contributed by atoms with Gasteiger partial charge in [-0.05, 0) is 31.4 Å². The van der Waals surface area contributed by atoms with E-state index in [1.165, 1.54) is 0 Å². The molecule has 2 aromatic carbocycles. The number of aliphatic carboxylic acids is 1. The Balaban J connectivity index is 1.86. The second kappa shape index (κ2) is 8.99. The van der Waals surface area contributed by atoms with Gasteiger partial charge in [0.2, 0.25) is 5.91 Å². The summed E-state index contributed by atoms with van der Waals surface area (Å²) >= 11 is 0. The molecule has 1 unspecified atom stereocenters. The molecule has 1 amide bonds. The smallest absolute Gasteiger partial charge is 0.330 e. The summed E-state index contributed by atoms with van der Waals surface area (Å²) in [5, 5.41) is 11.9. The van der Waals surface area contributed by atoms with Crippen LogP contribution in [0.4, 0.5) is 0 Å². The van der Waals surface area contributed by atoms with E-state index < -0.39 is 17.9 Å². The van der Waals surface area contributed by atoms with Crippen molar-refractivity contribution in [3.05, 3.63) is 70.8 Å². The minimum absolute atomic E-state index is 0.165. The molecular weight excluding hydrogens is 318 g/mol. The highest BCUT2D eigenvalue weighted by Crippen LogP contribution is 2.17. The molecule has 0 fully saturated rings. The summed E-state index contributed by atoms with van der Waals surface area (Å²) in [7, 11) is 0. The molecule has 0 heterocycles. The van der Waals surface area contributed by atoms with Crippen LogP contribution in [0, 0.1) is 13.8 Å². The maximum absolute atomic E-state index is 12.0. The number of carboxylic acids is 1. The monoisotopic (exact) mass is 341 g/mol. The zero-order valence-corrected chi connectivity index (χ0v) is 14.5. The molecule has 0 spiro atoms. The molecule has 25 heavy (non-hydrogen) atoms. The van der Waals surface area contributed by atoms with Crippen molar-refractivity contribution in [2.45, 2.75) is 26.3 Å². The number of nitrogens with one attached hydrogen (secondary N) is 1. The van der Waals surface area contributed by atoms with Gasteiger partial charge in [0.1, 0.15) is 6.61 Å². The number of carbonyl (C=O) groups excluding carboxylic acids is 1. The summed E-state index contributed by atoms with van der Waals surface area (Å²) < 4.78 is 5.36. The summed E-state index contributed by atoms with van der Waals surface area (Å²) in [6.45, 7) is 4.02. The van der Waals surface area contributed by atoms with Gasteiger partial charge in [0, 0.05) is 0 Å². The summed E-state index contributed by atoms with van der Waals surface area (Å²) in [5.41, 5.74) is 3.59. The first kappa shape index (κ1) is 18.7. The summed E-state index contributed by atoms with van der Waals surface area (Å²) in [6.07, 6.45) is 0.702. The molecule has 5 heteroatoms. The maximum Gasteiger partial charge on any atom is 0.330 e. The molecule has 0 bridgehead atoms. The van der Waals surface area contributed by atoms with Gasteiger partial charge in [-0.3, -0.25) is 4.79 Å². The first-order chi connectivity index (χ1) is 12.0. The van der Waals surface area contributed by atoms with E-state index in [0.29, 0.717) is 18.6 Å². The van der Waals surface area contributed by atoms with E-state index in [0.717, 1.165) is 16.7 Å². The van der Waals surface area contributed by atoms with Gasteiger partial charge in [-0.25, -0.2) is 4.79 Å². The van der Waals surface area contributed by atoms with E-state index in [-0.39, 0.29) is 6.61 Å². The zero-order valence-electron chi connectivity index (χ0n) is 14.5. The summed E-state index contributed by atoms with van der Waals surface area (Å²) in [6, 6.07) is 14.2. The van der Waals surface area contributed by atoms with Crippen molar-refractivity contribution in [2.24, 2.45) is 0 Å². The highest BCUT2D eigenvalue weighted by atomic mass is 16.5. The van der Waals surface area contributed by atoms with Gasteiger partial charge in [-0.2, -0.15) is 0 Å². The Labute approximate surface area is 147 Å². The van der Waals surface area contributed by atoms with Crippen molar-refractivity contribution in [1.82, 2.24) is 5.32 Å². The highest BCUT2D eigenvalue weighted by molar-refractivity contribution is 5.85. The number of amides is 1. The molecule has 0 aliphatic rings. The van der Waals surface area contributed by atoms with Crippen LogP contribution in [0.25, 0.3) is 0 Å². The molecule has 0 saturated carbocycles. The van der Waals surface area contributed by atoms with Crippen molar-refractivity contribution in [3.63, 3.8) is 0 Å². The van der Waals surface area contributed by atoms with Gasteiger partial charge in [-0.1, -0.05) is 59.7 Å². The number of carboxylic acid groups (broad SMARTS) is 1. The van der Waals surface area contributed by atoms with E-state index in [1.807, 2.05) is 50.2 Å². The van der Waals surface area contributed by atoms with E-state index in [2.05, 4.69) is 5.32 Å². The van der Waals surface area contributed by atoms with Crippen LogP contribution in [0.1, 0.15) is 28.3 Å². The molecule has 2 rings (SSSR count). The van der Waals surface area contributed by atoms with E-state index >= 15 is 0 Å². The van der Waals surface area contributed by atoms with Crippen molar-refractivity contribution in [2.75, 3.05) is 13.2 Å². The van der Waals surface area contributed by atoms with Crippen LogP contribution < -0.4 is 5.32 Å².